The van der Waals surface area contributed by atoms with Crippen LogP contribution < -0.4 is 5.32 Å². The second kappa shape index (κ2) is 6.99. The fourth-order valence-corrected chi connectivity index (χ4v) is 3.91. The van der Waals surface area contributed by atoms with Crippen LogP contribution in [0, 0.1) is 5.82 Å². The number of carbonyl (C=O) groups excluding carboxylic acids is 1. The molecule has 4 rings (SSSR count). The normalized spacial score (nSPS) is 25.4. The molecular weight excluding hydrogens is 335 g/mol. The Bertz CT molecular complexity index is 788. The van der Waals surface area contributed by atoms with Crippen LogP contribution in [0.4, 0.5) is 10.1 Å². The molecule has 1 N–H and O–H groups in total. The van der Waals surface area contributed by atoms with Crippen LogP contribution in [0.15, 0.2) is 42.7 Å². The van der Waals surface area contributed by atoms with Gasteiger partial charge in [-0.2, -0.15) is 10.2 Å². The molecule has 2 aliphatic rings. The van der Waals surface area contributed by atoms with Gasteiger partial charge in [-0.3, -0.25) is 4.79 Å². The van der Waals surface area contributed by atoms with Crippen molar-refractivity contribution in [2.45, 2.75) is 30.9 Å². The number of aromatic nitrogens is 2. The van der Waals surface area contributed by atoms with Crippen molar-refractivity contribution in [3.8, 4) is 0 Å². The molecule has 2 fully saturated rings. The molecule has 26 heavy (non-hydrogen) atoms. The number of rotatable bonds is 3. The van der Waals surface area contributed by atoms with E-state index in [0.717, 1.165) is 24.9 Å². The van der Waals surface area contributed by atoms with Crippen molar-refractivity contribution in [3.05, 3.63) is 54.1 Å². The molecule has 2 aromatic rings. The van der Waals surface area contributed by atoms with Gasteiger partial charge in [0.25, 0.3) is 5.91 Å². The molecule has 1 amide bonds. The average molecular weight is 356 g/mol. The maximum atomic E-state index is 13.4. The van der Waals surface area contributed by atoms with Gasteiger partial charge in [-0.05, 0) is 37.1 Å². The van der Waals surface area contributed by atoms with E-state index in [9.17, 15) is 9.18 Å². The first kappa shape index (κ1) is 16.9. The predicted octanol–water partition coefficient (Wildman–Crippen LogP) is 2.49. The molecule has 0 bridgehead atoms. The fourth-order valence-electron chi connectivity index (χ4n) is 3.91. The highest BCUT2D eigenvalue weighted by atomic mass is 19.1. The van der Waals surface area contributed by atoms with Crippen LogP contribution in [0.5, 0.6) is 0 Å². The van der Waals surface area contributed by atoms with Gasteiger partial charge in [-0.25, -0.2) is 4.39 Å². The second-order valence-corrected chi connectivity index (χ2v) is 7.01. The number of piperidine rings is 1. The Labute approximate surface area is 151 Å². The third-order valence-corrected chi connectivity index (χ3v) is 5.06. The van der Waals surface area contributed by atoms with Crippen LogP contribution in [0.2, 0.25) is 0 Å². The molecule has 2 saturated heterocycles. The van der Waals surface area contributed by atoms with Gasteiger partial charge in [0.15, 0.2) is 0 Å². The summed E-state index contributed by atoms with van der Waals surface area (Å²) in [6.07, 6.45) is 5.64. The number of amides is 1. The van der Waals surface area contributed by atoms with Crippen molar-refractivity contribution in [1.82, 2.24) is 15.1 Å². The number of hydrogen-bond donors (Lipinski definition) is 1. The molecule has 1 aromatic heterocycles. The van der Waals surface area contributed by atoms with Gasteiger partial charge in [0.1, 0.15) is 5.82 Å². The number of carbonyl (C=O) groups is 1. The summed E-state index contributed by atoms with van der Waals surface area (Å²) in [5.41, 5.74) is 0.964. The van der Waals surface area contributed by atoms with E-state index in [-0.39, 0.29) is 23.4 Å². The van der Waals surface area contributed by atoms with Gasteiger partial charge in [0.05, 0.1) is 42.8 Å². The Balaban J connectivity index is 1.42. The summed E-state index contributed by atoms with van der Waals surface area (Å²) in [5, 5.41) is 10.8. The third-order valence-electron chi connectivity index (χ3n) is 5.06. The summed E-state index contributed by atoms with van der Waals surface area (Å²) >= 11 is 0. The maximum Gasteiger partial charge on any atom is 0.255 e. The Hall–Kier alpha value is -2.54. The number of likely N-dealkylation sites (tertiary alicyclic amines) is 1. The quantitative estimate of drug-likeness (QED) is 0.915. The fraction of sp³-hybridized carbons (Fsp3) is 0.421. The summed E-state index contributed by atoms with van der Waals surface area (Å²) in [5.74, 6) is -0.298. The molecule has 1 aromatic carbocycles. The minimum atomic E-state index is -0.334. The van der Waals surface area contributed by atoms with Crippen molar-refractivity contribution >= 4 is 11.6 Å². The predicted molar refractivity (Wildman–Crippen MR) is 94.3 cm³/mol. The number of halogens is 1. The van der Waals surface area contributed by atoms with E-state index in [1.807, 2.05) is 11.0 Å². The van der Waals surface area contributed by atoms with Crippen LogP contribution in [0.3, 0.4) is 0 Å². The third kappa shape index (κ3) is 3.53. The molecule has 2 aliphatic heterocycles. The van der Waals surface area contributed by atoms with E-state index in [4.69, 9.17) is 4.74 Å². The van der Waals surface area contributed by atoms with Crippen LogP contribution >= 0.6 is 0 Å². The van der Waals surface area contributed by atoms with Gasteiger partial charge >= 0.3 is 0 Å². The lowest BCUT2D eigenvalue weighted by molar-refractivity contribution is -0.0447. The number of nitrogens with zero attached hydrogens (tertiary/aromatic N) is 3. The van der Waals surface area contributed by atoms with Crippen LogP contribution in [0.1, 0.15) is 29.6 Å². The molecule has 6 nitrogen and oxygen atoms in total. The highest BCUT2D eigenvalue weighted by Gasteiger charge is 2.44. The van der Waals surface area contributed by atoms with Crippen LogP contribution in [-0.2, 0) is 4.74 Å². The highest BCUT2D eigenvalue weighted by Crippen LogP contribution is 2.36. The second-order valence-electron chi connectivity index (χ2n) is 7.01. The van der Waals surface area contributed by atoms with Crippen molar-refractivity contribution in [2.24, 2.45) is 0 Å². The van der Waals surface area contributed by atoms with Crippen LogP contribution in [-0.4, -0.2) is 52.3 Å². The standard InChI is InChI=1S/C19H21FN4O2/c20-15-3-1-4-16(9-15)23-17-10-19(26-12-17)6-2-8-24(13-19)18(25)14-5-7-21-22-11-14/h1,3-5,7,9,11,17,23H,2,6,8,10,12-13H2/t17-,19-/m1/s1. The number of ether oxygens (including phenoxy) is 1. The molecule has 0 saturated carbocycles. The number of hydrogen-bond acceptors (Lipinski definition) is 5. The Kier molecular flexibility index (Phi) is 4.55. The van der Waals surface area contributed by atoms with Crippen molar-refractivity contribution in [1.29, 1.82) is 0 Å². The topological polar surface area (TPSA) is 67.4 Å². The summed E-state index contributed by atoms with van der Waals surface area (Å²) in [6.45, 7) is 1.83. The largest absolute Gasteiger partial charge is 0.380 e. The first-order valence-electron chi connectivity index (χ1n) is 8.86. The molecular formula is C19H21FN4O2. The van der Waals surface area contributed by atoms with E-state index in [1.165, 1.54) is 24.5 Å². The summed E-state index contributed by atoms with van der Waals surface area (Å²) in [4.78, 5) is 14.5. The lowest BCUT2D eigenvalue weighted by atomic mass is 9.88. The number of benzene rings is 1. The Morgan fingerprint density at radius 3 is 3.08 bits per heavy atom. The van der Waals surface area contributed by atoms with E-state index < -0.39 is 0 Å². The lowest BCUT2D eigenvalue weighted by Gasteiger charge is -2.39. The van der Waals surface area contributed by atoms with Gasteiger partial charge < -0.3 is 15.0 Å². The number of anilines is 1. The SMILES string of the molecule is O=C(c1ccnnc1)N1CCC[C@@]2(C[C@@H](Nc3cccc(F)c3)CO2)C1. The van der Waals surface area contributed by atoms with E-state index >= 15 is 0 Å². The summed E-state index contributed by atoms with van der Waals surface area (Å²) in [6, 6.07) is 8.23. The maximum absolute atomic E-state index is 13.4. The molecule has 136 valence electrons. The Morgan fingerprint density at radius 1 is 1.35 bits per heavy atom. The van der Waals surface area contributed by atoms with Gasteiger partial charge in [-0.15, -0.1) is 0 Å². The van der Waals surface area contributed by atoms with Crippen molar-refractivity contribution < 1.29 is 13.9 Å². The van der Waals surface area contributed by atoms with E-state index in [2.05, 4.69) is 15.5 Å². The molecule has 0 aliphatic carbocycles. The highest BCUT2D eigenvalue weighted by molar-refractivity contribution is 5.93. The minimum Gasteiger partial charge on any atom is -0.380 e. The zero-order chi connectivity index (χ0) is 18.0. The minimum absolute atomic E-state index is 0.0379. The van der Waals surface area contributed by atoms with Crippen molar-refractivity contribution in [3.63, 3.8) is 0 Å². The summed E-state index contributed by atoms with van der Waals surface area (Å²) < 4.78 is 19.5. The Morgan fingerprint density at radius 2 is 2.27 bits per heavy atom. The first-order valence-corrected chi connectivity index (χ1v) is 8.86. The monoisotopic (exact) mass is 356 g/mol. The van der Waals surface area contributed by atoms with E-state index in [1.54, 1.807) is 12.1 Å². The van der Waals surface area contributed by atoms with Gasteiger partial charge in [0.2, 0.25) is 0 Å². The van der Waals surface area contributed by atoms with Gasteiger partial charge in [0, 0.05) is 18.7 Å². The lowest BCUT2D eigenvalue weighted by Crippen LogP contribution is -2.50. The first-order chi connectivity index (χ1) is 12.6. The van der Waals surface area contributed by atoms with Crippen LogP contribution in [0.25, 0.3) is 0 Å². The number of nitrogens with one attached hydrogen (secondary N) is 1. The molecule has 0 radical (unpaired) electrons. The molecule has 0 unspecified atom stereocenters. The smallest absolute Gasteiger partial charge is 0.255 e. The van der Waals surface area contributed by atoms with Crippen molar-refractivity contribution in [2.75, 3.05) is 25.0 Å². The van der Waals surface area contributed by atoms with Gasteiger partial charge in [-0.1, -0.05) is 6.07 Å². The summed E-state index contributed by atoms with van der Waals surface area (Å²) in [7, 11) is 0. The molecule has 3 heterocycles. The zero-order valence-corrected chi connectivity index (χ0v) is 14.4. The zero-order valence-electron chi connectivity index (χ0n) is 14.4. The van der Waals surface area contributed by atoms with E-state index in [0.29, 0.717) is 25.3 Å². The molecule has 1 spiro atoms. The molecule has 2 atom stereocenters. The average Bonchev–Trinajstić information content (AvgIpc) is 3.03. The molecule has 7 heteroatoms.